The Morgan fingerprint density at radius 2 is 2.05 bits per heavy atom. The molecule has 19 heavy (non-hydrogen) atoms. The molecule has 0 bridgehead atoms. The average molecular weight is 258 g/mol. The third kappa shape index (κ3) is 3.02. The van der Waals surface area contributed by atoms with Crippen molar-refractivity contribution in [3.05, 3.63) is 46.8 Å². The van der Waals surface area contributed by atoms with Crippen LogP contribution in [0.3, 0.4) is 0 Å². The molecule has 1 aromatic carbocycles. The fourth-order valence-electron chi connectivity index (χ4n) is 1.98. The lowest BCUT2D eigenvalue weighted by molar-refractivity contribution is -0.122. The molecule has 0 radical (unpaired) electrons. The maximum atomic E-state index is 11.9. The summed E-state index contributed by atoms with van der Waals surface area (Å²) in [4.78, 5) is 23.6. The van der Waals surface area contributed by atoms with E-state index in [9.17, 15) is 9.59 Å². The van der Waals surface area contributed by atoms with Crippen LogP contribution >= 0.6 is 0 Å². The van der Waals surface area contributed by atoms with Gasteiger partial charge in [-0.25, -0.2) is 0 Å². The van der Waals surface area contributed by atoms with Crippen molar-refractivity contribution >= 4 is 16.8 Å². The summed E-state index contributed by atoms with van der Waals surface area (Å²) >= 11 is 0. The van der Waals surface area contributed by atoms with Gasteiger partial charge in [0.1, 0.15) is 6.54 Å². The number of carbonyl (C=O) groups is 1. The van der Waals surface area contributed by atoms with E-state index in [0.717, 1.165) is 11.9 Å². The largest absolute Gasteiger partial charge is 0.352 e. The van der Waals surface area contributed by atoms with Crippen LogP contribution in [0.4, 0.5) is 0 Å². The number of aromatic nitrogens is 1. The van der Waals surface area contributed by atoms with Crippen LogP contribution in [0.5, 0.6) is 0 Å². The highest BCUT2D eigenvalue weighted by atomic mass is 16.2. The van der Waals surface area contributed by atoms with Gasteiger partial charge in [-0.3, -0.25) is 9.59 Å². The molecule has 0 aliphatic rings. The van der Waals surface area contributed by atoms with Crippen molar-refractivity contribution in [1.82, 2.24) is 9.88 Å². The van der Waals surface area contributed by atoms with Crippen LogP contribution in [0.15, 0.2) is 41.3 Å². The molecule has 1 atom stereocenters. The monoisotopic (exact) mass is 258 g/mol. The predicted molar refractivity (Wildman–Crippen MR) is 76.1 cm³/mol. The van der Waals surface area contributed by atoms with Crippen LogP contribution < -0.4 is 10.7 Å². The van der Waals surface area contributed by atoms with Crippen molar-refractivity contribution in [2.45, 2.75) is 32.9 Å². The zero-order valence-electron chi connectivity index (χ0n) is 11.2. The molecule has 1 N–H and O–H groups in total. The third-order valence-electron chi connectivity index (χ3n) is 3.22. The minimum Gasteiger partial charge on any atom is -0.352 e. The first-order valence-corrected chi connectivity index (χ1v) is 6.49. The fourth-order valence-corrected chi connectivity index (χ4v) is 1.98. The molecule has 2 aromatic rings. The SMILES string of the molecule is CC[C@@H](C)NC(=O)Cn1ccc(=O)c2ccccc21. The zero-order chi connectivity index (χ0) is 13.8. The minimum absolute atomic E-state index is 0.0193. The number of fused-ring (bicyclic) bond motifs is 1. The number of carbonyl (C=O) groups excluding carboxylic acids is 1. The van der Waals surface area contributed by atoms with Crippen molar-refractivity contribution in [3.63, 3.8) is 0 Å². The van der Waals surface area contributed by atoms with Gasteiger partial charge in [-0.1, -0.05) is 19.1 Å². The van der Waals surface area contributed by atoms with E-state index in [1.165, 1.54) is 6.07 Å². The number of rotatable bonds is 4. The van der Waals surface area contributed by atoms with Gasteiger partial charge in [-0.2, -0.15) is 0 Å². The maximum Gasteiger partial charge on any atom is 0.240 e. The lowest BCUT2D eigenvalue weighted by Crippen LogP contribution is -2.34. The van der Waals surface area contributed by atoms with Gasteiger partial charge in [-0.05, 0) is 25.5 Å². The van der Waals surface area contributed by atoms with Gasteiger partial charge in [0.05, 0.1) is 5.52 Å². The quantitative estimate of drug-likeness (QED) is 0.910. The highest BCUT2D eigenvalue weighted by Crippen LogP contribution is 2.09. The average Bonchev–Trinajstić information content (AvgIpc) is 2.42. The molecule has 0 saturated carbocycles. The second-order valence-corrected chi connectivity index (χ2v) is 4.70. The normalized spacial score (nSPS) is 12.3. The standard InChI is InChI=1S/C15H18N2O2/c1-3-11(2)16-15(19)10-17-9-8-14(18)12-6-4-5-7-13(12)17/h4-9,11H,3,10H2,1-2H3,(H,16,19)/t11-/m1/s1. The van der Waals surface area contributed by atoms with Crippen molar-refractivity contribution in [2.75, 3.05) is 0 Å². The fraction of sp³-hybridized carbons (Fsp3) is 0.333. The van der Waals surface area contributed by atoms with Crippen LogP contribution in [0, 0.1) is 0 Å². The van der Waals surface area contributed by atoms with Gasteiger partial charge in [0.2, 0.25) is 5.91 Å². The molecule has 0 aliphatic heterocycles. The van der Waals surface area contributed by atoms with Gasteiger partial charge < -0.3 is 9.88 Å². The summed E-state index contributed by atoms with van der Waals surface area (Å²) in [5, 5.41) is 3.56. The topological polar surface area (TPSA) is 51.1 Å². The van der Waals surface area contributed by atoms with E-state index in [2.05, 4.69) is 5.32 Å². The van der Waals surface area contributed by atoms with E-state index in [4.69, 9.17) is 0 Å². The first kappa shape index (κ1) is 13.3. The van der Waals surface area contributed by atoms with Crippen LogP contribution in [-0.2, 0) is 11.3 Å². The molecule has 0 unspecified atom stereocenters. The molecule has 1 heterocycles. The minimum atomic E-state index is -0.0387. The molecule has 0 saturated heterocycles. The van der Waals surface area contributed by atoms with Gasteiger partial charge in [0, 0.05) is 23.7 Å². The number of hydrogen-bond donors (Lipinski definition) is 1. The van der Waals surface area contributed by atoms with Gasteiger partial charge >= 0.3 is 0 Å². The van der Waals surface area contributed by atoms with Crippen LogP contribution in [0.25, 0.3) is 10.9 Å². The molecule has 100 valence electrons. The van der Waals surface area contributed by atoms with Crippen LogP contribution in [0.1, 0.15) is 20.3 Å². The molecule has 4 heteroatoms. The van der Waals surface area contributed by atoms with E-state index in [-0.39, 0.29) is 23.9 Å². The van der Waals surface area contributed by atoms with Gasteiger partial charge in [0.25, 0.3) is 0 Å². The van der Waals surface area contributed by atoms with Crippen LogP contribution in [-0.4, -0.2) is 16.5 Å². The van der Waals surface area contributed by atoms with Crippen LogP contribution in [0.2, 0.25) is 0 Å². The maximum absolute atomic E-state index is 11.9. The molecule has 0 aliphatic carbocycles. The number of para-hydroxylation sites is 1. The first-order valence-electron chi connectivity index (χ1n) is 6.49. The summed E-state index contributed by atoms with van der Waals surface area (Å²) in [6, 6.07) is 8.99. The summed E-state index contributed by atoms with van der Waals surface area (Å²) in [6.45, 7) is 4.23. The zero-order valence-corrected chi connectivity index (χ0v) is 11.2. The molecule has 1 amide bonds. The van der Waals surface area contributed by atoms with E-state index in [0.29, 0.717) is 5.39 Å². The van der Waals surface area contributed by atoms with Gasteiger partial charge in [-0.15, -0.1) is 0 Å². The predicted octanol–water partition coefficient (Wildman–Crippen LogP) is 1.92. The smallest absolute Gasteiger partial charge is 0.240 e. The van der Waals surface area contributed by atoms with Crippen molar-refractivity contribution in [3.8, 4) is 0 Å². The number of benzene rings is 1. The van der Waals surface area contributed by atoms with Crippen molar-refractivity contribution in [1.29, 1.82) is 0 Å². The molecule has 0 spiro atoms. The van der Waals surface area contributed by atoms with E-state index < -0.39 is 0 Å². The summed E-state index contributed by atoms with van der Waals surface area (Å²) in [7, 11) is 0. The Kier molecular flexibility index (Phi) is 4.00. The second-order valence-electron chi connectivity index (χ2n) is 4.70. The number of amides is 1. The summed E-state index contributed by atoms with van der Waals surface area (Å²) in [6.07, 6.45) is 2.57. The Balaban J connectivity index is 2.29. The summed E-state index contributed by atoms with van der Waals surface area (Å²) in [5.74, 6) is -0.0387. The molecule has 4 nitrogen and oxygen atoms in total. The van der Waals surface area contributed by atoms with E-state index in [1.807, 2.05) is 32.0 Å². The molecular weight excluding hydrogens is 240 g/mol. The number of hydrogen-bond acceptors (Lipinski definition) is 2. The van der Waals surface area contributed by atoms with Gasteiger partial charge in [0.15, 0.2) is 5.43 Å². The van der Waals surface area contributed by atoms with Crippen molar-refractivity contribution < 1.29 is 4.79 Å². The Bertz CT molecular complexity index is 646. The lowest BCUT2D eigenvalue weighted by Gasteiger charge is -2.14. The third-order valence-corrected chi connectivity index (χ3v) is 3.22. The van der Waals surface area contributed by atoms with E-state index in [1.54, 1.807) is 16.8 Å². The summed E-state index contributed by atoms with van der Waals surface area (Å²) < 4.78 is 1.80. The number of nitrogens with zero attached hydrogens (tertiary/aromatic N) is 1. The molecule has 2 rings (SSSR count). The highest BCUT2D eigenvalue weighted by Gasteiger charge is 2.08. The first-order chi connectivity index (χ1) is 9.11. The molecular formula is C15H18N2O2. The number of nitrogens with one attached hydrogen (secondary N) is 1. The second kappa shape index (κ2) is 5.69. The lowest BCUT2D eigenvalue weighted by atomic mass is 10.2. The molecule has 0 fully saturated rings. The van der Waals surface area contributed by atoms with Crippen molar-refractivity contribution in [2.24, 2.45) is 0 Å². The van der Waals surface area contributed by atoms with E-state index >= 15 is 0 Å². The Morgan fingerprint density at radius 1 is 1.32 bits per heavy atom. The number of pyridine rings is 1. The highest BCUT2D eigenvalue weighted by molar-refractivity contribution is 5.82. The Labute approximate surface area is 112 Å². The Hall–Kier alpha value is -2.10. The Morgan fingerprint density at radius 3 is 2.79 bits per heavy atom. The summed E-state index contributed by atoms with van der Waals surface area (Å²) in [5.41, 5.74) is 0.767. The molecule has 1 aromatic heterocycles.